The molecule has 98 valence electrons. The van der Waals surface area contributed by atoms with E-state index in [1.165, 1.54) is 12.8 Å². The molecular weight excluding hydrogens is 218 g/mol. The van der Waals surface area contributed by atoms with Gasteiger partial charge in [0.2, 0.25) is 5.89 Å². The Morgan fingerprint density at radius 2 is 2.12 bits per heavy atom. The van der Waals surface area contributed by atoms with Gasteiger partial charge in [-0.1, -0.05) is 31.8 Å². The highest BCUT2D eigenvalue weighted by Crippen LogP contribution is 2.09. The van der Waals surface area contributed by atoms with Crippen molar-refractivity contribution in [2.45, 2.75) is 52.0 Å². The Labute approximate surface area is 103 Å². The van der Waals surface area contributed by atoms with Crippen molar-refractivity contribution < 1.29 is 9.26 Å². The van der Waals surface area contributed by atoms with Gasteiger partial charge in [-0.25, -0.2) is 0 Å². The Bertz CT molecular complexity index is 302. The first-order chi connectivity index (χ1) is 8.27. The predicted octanol–water partition coefficient (Wildman–Crippen LogP) is 2.23. The van der Waals surface area contributed by atoms with Crippen LogP contribution in [-0.4, -0.2) is 23.4 Å². The number of hydrogen-bond donors (Lipinski definition) is 1. The molecule has 0 bridgehead atoms. The molecule has 1 aromatic heterocycles. The molecule has 1 rings (SSSR count). The lowest BCUT2D eigenvalue weighted by Gasteiger charge is -2.06. The summed E-state index contributed by atoms with van der Waals surface area (Å²) in [6.45, 7) is 5.39. The summed E-state index contributed by atoms with van der Waals surface area (Å²) in [7, 11) is 0. The summed E-state index contributed by atoms with van der Waals surface area (Å²) < 4.78 is 10.5. The molecule has 1 aromatic rings. The van der Waals surface area contributed by atoms with E-state index in [1.807, 2.05) is 0 Å². The molecule has 0 fully saturated rings. The lowest BCUT2D eigenvalue weighted by atomic mass is 10.2. The average Bonchev–Trinajstić information content (AvgIpc) is 2.78. The van der Waals surface area contributed by atoms with E-state index in [0.29, 0.717) is 18.3 Å². The highest BCUT2D eigenvalue weighted by molar-refractivity contribution is 4.93. The zero-order valence-electron chi connectivity index (χ0n) is 10.8. The molecule has 0 spiro atoms. The van der Waals surface area contributed by atoms with Crippen LogP contribution >= 0.6 is 0 Å². The first-order valence-electron chi connectivity index (χ1n) is 6.43. The number of aryl methyl sites for hydroxylation is 1. The fourth-order valence-corrected chi connectivity index (χ4v) is 1.48. The first-order valence-corrected chi connectivity index (χ1v) is 6.43. The lowest BCUT2D eigenvalue weighted by Crippen LogP contribution is -2.18. The summed E-state index contributed by atoms with van der Waals surface area (Å²) in [4.78, 5) is 4.28. The van der Waals surface area contributed by atoms with E-state index in [9.17, 15) is 0 Å². The summed E-state index contributed by atoms with van der Waals surface area (Å²) >= 11 is 0. The minimum absolute atomic E-state index is 0.287. The summed E-state index contributed by atoms with van der Waals surface area (Å²) in [6.07, 6.45) is 5.28. The number of nitrogens with two attached hydrogens (primary N) is 1. The van der Waals surface area contributed by atoms with Crippen LogP contribution in [0.1, 0.15) is 57.3 Å². The Morgan fingerprint density at radius 1 is 1.29 bits per heavy atom. The van der Waals surface area contributed by atoms with Crippen LogP contribution in [0.25, 0.3) is 0 Å². The molecule has 0 aliphatic rings. The number of nitrogens with zero attached hydrogens (tertiary/aromatic N) is 2. The van der Waals surface area contributed by atoms with Gasteiger partial charge in [-0.05, 0) is 12.8 Å². The number of rotatable bonds is 9. The largest absolute Gasteiger partial charge is 0.379 e. The zero-order chi connectivity index (χ0) is 12.5. The smallest absolute Gasteiger partial charge is 0.226 e. The van der Waals surface area contributed by atoms with Gasteiger partial charge < -0.3 is 15.0 Å². The third-order valence-corrected chi connectivity index (χ3v) is 2.46. The number of ether oxygens (including phenoxy) is 1. The summed E-state index contributed by atoms with van der Waals surface area (Å²) in [5.41, 5.74) is 5.89. The fourth-order valence-electron chi connectivity index (χ4n) is 1.48. The monoisotopic (exact) mass is 241 g/mol. The Balaban J connectivity index is 2.33. The van der Waals surface area contributed by atoms with Gasteiger partial charge in [0.25, 0.3) is 0 Å². The van der Waals surface area contributed by atoms with Crippen molar-refractivity contribution in [3.8, 4) is 0 Å². The van der Waals surface area contributed by atoms with Crippen molar-refractivity contribution in [2.24, 2.45) is 5.73 Å². The lowest BCUT2D eigenvalue weighted by molar-refractivity contribution is 0.119. The summed E-state index contributed by atoms with van der Waals surface area (Å²) in [5.74, 6) is 1.23. The summed E-state index contributed by atoms with van der Waals surface area (Å²) in [5, 5.41) is 3.88. The molecule has 1 heterocycles. The van der Waals surface area contributed by atoms with Gasteiger partial charge in [-0.3, -0.25) is 0 Å². The van der Waals surface area contributed by atoms with Crippen LogP contribution < -0.4 is 5.73 Å². The van der Waals surface area contributed by atoms with Gasteiger partial charge in [-0.2, -0.15) is 4.98 Å². The molecule has 0 aromatic carbocycles. The zero-order valence-corrected chi connectivity index (χ0v) is 10.8. The van der Waals surface area contributed by atoms with Crippen molar-refractivity contribution in [1.29, 1.82) is 0 Å². The molecule has 5 heteroatoms. The second kappa shape index (κ2) is 8.20. The topological polar surface area (TPSA) is 74.2 Å². The molecule has 0 aliphatic heterocycles. The van der Waals surface area contributed by atoms with Crippen molar-refractivity contribution in [3.63, 3.8) is 0 Å². The third kappa shape index (κ3) is 5.28. The summed E-state index contributed by atoms with van der Waals surface area (Å²) in [6, 6.07) is -0.287. The van der Waals surface area contributed by atoms with E-state index in [4.69, 9.17) is 15.0 Å². The number of aromatic nitrogens is 2. The van der Waals surface area contributed by atoms with E-state index < -0.39 is 0 Å². The molecular formula is C12H23N3O2. The van der Waals surface area contributed by atoms with E-state index in [-0.39, 0.29) is 6.04 Å². The Hall–Kier alpha value is -0.940. The molecule has 0 saturated carbocycles. The molecule has 0 amide bonds. The quantitative estimate of drug-likeness (QED) is 0.671. The van der Waals surface area contributed by atoms with Gasteiger partial charge >= 0.3 is 0 Å². The van der Waals surface area contributed by atoms with Crippen molar-refractivity contribution >= 4 is 0 Å². The second-order valence-electron chi connectivity index (χ2n) is 4.18. The second-order valence-corrected chi connectivity index (χ2v) is 4.18. The van der Waals surface area contributed by atoms with Crippen LogP contribution in [0, 0.1) is 0 Å². The first kappa shape index (κ1) is 14.1. The Kier molecular flexibility index (Phi) is 6.81. The molecule has 5 nitrogen and oxygen atoms in total. The maximum atomic E-state index is 5.89. The van der Waals surface area contributed by atoms with Crippen molar-refractivity contribution in [2.75, 3.05) is 13.2 Å². The van der Waals surface area contributed by atoms with Crippen LogP contribution in [0.5, 0.6) is 0 Å². The molecule has 1 unspecified atom stereocenters. The SMILES string of the molecule is CCCCCc1nc(C(N)COCCC)no1. The van der Waals surface area contributed by atoms with Gasteiger partial charge in [-0.15, -0.1) is 0 Å². The maximum Gasteiger partial charge on any atom is 0.226 e. The number of unbranched alkanes of at least 4 members (excludes halogenated alkanes) is 2. The van der Waals surface area contributed by atoms with Crippen molar-refractivity contribution in [1.82, 2.24) is 10.1 Å². The van der Waals surface area contributed by atoms with Gasteiger partial charge in [0.15, 0.2) is 5.82 Å². The Morgan fingerprint density at radius 3 is 2.82 bits per heavy atom. The van der Waals surface area contributed by atoms with Crippen molar-refractivity contribution in [3.05, 3.63) is 11.7 Å². The molecule has 0 aliphatic carbocycles. The van der Waals surface area contributed by atoms with E-state index in [1.54, 1.807) is 0 Å². The highest BCUT2D eigenvalue weighted by Gasteiger charge is 2.13. The minimum atomic E-state index is -0.287. The molecule has 0 radical (unpaired) electrons. The van der Waals surface area contributed by atoms with Gasteiger partial charge in [0, 0.05) is 13.0 Å². The van der Waals surface area contributed by atoms with Crippen LogP contribution in [0.4, 0.5) is 0 Å². The molecule has 1 atom stereocenters. The fraction of sp³-hybridized carbons (Fsp3) is 0.833. The number of hydrogen-bond acceptors (Lipinski definition) is 5. The molecule has 0 saturated heterocycles. The standard InChI is InChI=1S/C12H23N3O2/c1-3-5-6-7-11-14-12(15-17-11)10(13)9-16-8-4-2/h10H,3-9,13H2,1-2H3. The van der Waals surface area contributed by atoms with E-state index in [2.05, 4.69) is 24.0 Å². The van der Waals surface area contributed by atoms with Crippen LogP contribution in [0.2, 0.25) is 0 Å². The average molecular weight is 241 g/mol. The third-order valence-electron chi connectivity index (χ3n) is 2.46. The van der Waals surface area contributed by atoms with E-state index >= 15 is 0 Å². The normalized spacial score (nSPS) is 12.9. The van der Waals surface area contributed by atoms with Crippen LogP contribution in [-0.2, 0) is 11.2 Å². The maximum absolute atomic E-state index is 5.89. The molecule has 17 heavy (non-hydrogen) atoms. The molecule has 2 N–H and O–H groups in total. The van der Waals surface area contributed by atoms with E-state index in [0.717, 1.165) is 25.9 Å². The highest BCUT2D eigenvalue weighted by atomic mass is 16.5. The van der Waals surface area contributed by atoms with Crippen LogP contribution in [0.15, 0.2) is 4.52 Å². The van der Waals surface area contributed by atoms with Crippen LogP contribution in [0.3, 0.4) is 0 Å². The minimum Gasteiger partial charge on any atom is -0.379 e. The van der Waals surface area contributed by atoms with Gasteiger partial charge in [0.1, 0.15) is 0 Å². The van der Waals surface area contributed by atoms with Gasteiger partial charge in [0.05, 0.1) is 12.6 Å². The predicted molar refractivity (Wildman–Crippen MR) is 65.6 cm³/mol.